The number of likely N-dealkylation sites (N-methyl/N-ethyl adjacent to an activating group) is 2. The minimum Gasteiger partial charge on any atom is -0.494 e. The highest BCUT2D eigenvalue weighted by Crippen LogP contribution is 2.37. The normalized spacial score (nSPS) is 13.4. The van der Waals surface area contributed by atoms with E-state index in [0.29, 0.717) is 17.4 Å². The van der Waals surface area contributed by atoms with Crippen LogP contribution in [0.2, 0.25) is 0 Å². The van der Waals surface area contributed by atoms with Gasteiger partial charge in [-0.1, -0.05) is 18.2 Å². The molecule has 36 heavy (non-hydrogen) atoms. The Morgan fingerprint density at radius 3 is 2.67 bits per heavy atom. The first kappa shape index (κ1) is 23.9. The molecule has 8 nitrogen and oxygen atoms in total. The van der Waals surface area contributed by atoms with E-state index < -0.39 is 0 Å². The van der Waals surface area contributed by atoms with Crippen molar-refractivity contribution in [3.63, 3.8) is 0 Å². The second-order valence-corrected chi connectivity index (χ2v) is 9.88. The third kappa shape index (κ3) is 5.09. The van der Waals surface area contributed by atoms with Crippen molar-refractivity contribution in [1.82, 2.24) is 19.4 Å². The van der Waals surface area contributed by atoms with Gasteiger partial charge in [0, 0.05) is 61.6 Å². The van der Waals surface area contributed by atoms with Gasteiger partial charge in [0.1, 0.15) is 5.75 Å². The molecule has 188 valence electrons. The maximum atomic E-state index is 6.44. The number of nitrogens with one attached hydrogen (secondary N) is 1. The highest BCUT2D eigenvalue weighted by Gasteiger charge is 2.23. The van der Waals surface area contributed by atoms with Crippen LogP contribution in [0, 0.1) is 5.92 Å². The minimum atomic E-state index is 0.498. The Balaban J connectivity index is 1.43. The van der Waals surface area contributed by atoms with E-state index in [0.717, 1.165) is 48.2 Å². The van der Waals surface area contributed by atoms with Crippen molar-refractivity contribution >= 4 is 33.9 Å². The number of methoxy groups -OCH3 is 1. The van der Waals surface area contributed by atoms with Crippen LogP contribution < -0.4 is 20.7 Å². The molecule has 0 amide bonds. The van der Waals surface area contributed by atoms with Gasteiger partial charge >= 0.3 is 0 Å². The summed E-state index contributed by atoms with van der Waals surface area (Å²) in [6.45, 7) is 2.84. The predicted octanol–water partition coefficient (Wildman–Crippen LogP) is 4.84. The molecule has 1 saturated carbocycles. The molecule has 3 N–H and O–H groups in total. The number of hydrogen-bond acceptors (Lipinski definition) is 7. The predicted molar refractivity (Wildman–Crippen MR) is 148 cm³/mol. The lowest BCUT2D eigenvalue weighted by molar-refractivity contribution is 0.413. The van der Waals surface area contributed by atoms with Gasteiger partial charge in [0.2, 0.25) is 5.95 Å². The molecule has 0 saturated heterocycles. The Labute approximate surface area is 212 Å². The third-order valence-electron chi connectivity index (χ3n) is 6.76. The molecule has 0 atom stereocenters. The molecule has 2 aromatic carbocycles. The number of nitrogens with two attached hydrogens (primary N) is 1. The van der Waals surface area contributed by atoms with Crippen molar-refractivity contribution in [3.05, 3.63) is 54.9 Å². The number of ether oxygens (including phenoxy) is 1. The SMILES string of the molecule is COc1cc(N(C)CCN(C)C)c(N)cc1Nc1nccc(-c2cn(CC3CC3)c3ccccc23)n1. The molecule has 0 unspecified atom stereocenters. The monoisotopic (exact) mass is 485 g/mol. The lowest BCUT2D eigenvalue weighted by atomic mass is 10.1. The topological polar surface area (TPSA) is 84.5 Å². The summed E-state index contributed by atoms with van der Waals surface area (Å²) in [7, 11) is 7.81. The van der Waals surface area contributed by atoms with Gasteiger partial charge in [-0.25, -0.2) is 9.97 Å². The second kappa shape index (κ2) is 10.1. The Kier molecular flexibility index (Phi) is 6.69. The first-order valence-corrected chi connectivity index (χ1v) is 12.4. The summed E-state index contributed by atoms with van der Waals surface area (Å²) in [5.74, 6) is 1.97. The number of rotatable bonds is 10. The van der Waals surface area contributed by atoms with Gasteiger partial charge in [-0.3, -0.25) is 0 Å². The standard InChI is InChI=1S/C28H35N7O/c1-33(2)13-14-34(3)26-16-27(36-4)24(15-22(26)29)32-28-30-12-11-23(31-28)21-18-35(17-19-9-10-19)25-8-6-5-7-20(21)25/h5-8,11-12,15-16,18-19H,9-10,13-14,17,29H2,1-4H3,(H,30,31,32). The highest BCUT2D eigenvalue weighted by atomic mass is 16.5. The fraction of sp³-hybridized carbons (Fsp3) is 0.357. The fourth-order valence-electron chi connectivity index (χ4n) is 4.52. The molecule has 0 bridgehead atoms. The summed E-state index contributed by atoms with van der Waals surface area (Å²) in [5.41, 5.74) is 12.0. The number of para-hydroxylation sites is 1. The van der Waals surface area contributed by atoms with Gasteiger partial charge < -0.3 is 30.2 Å². The molecule has 0 aliphatic heterocycles. The van der Waals surface area contributed by atoms with E-state index in [1.54, 1.807) is 13.3 Å². The number of aromatic nitrogens is 3. The maximum Gasteiger partial charge on any atom is 0.227 e. The van der Waals surface area contributed by atoms with Gasteiger partial charge in [0.05, 0.1) is 29.9 Å². The molecule has 2 heterocycles. The van der Waals surface area contributed by atoms with E-state index >= 15 is 0 Å². The van der Waals surface area contributed by atoms with E-state index in [4.69, 9.17) is 15.5 Å². The zero-order chi connectivity index (χ0) is 25.2. The van der Waals surface area contributed by atoms with Crippen LogP contribution in [0.5, 0.6) is 5.75 Å². The van der Waals surface area contributed by atoms with E-state index in [1.165, 1.54) is 23.7 Å². The van der Waals surface area contributed by atoms with Gasteiger partial charge in [-0.05, 0) is 51.1 Å². The summed E-state index contributed by atoms with van der Waals surface area (Å²) in [6, 6.07) is 14.3. The van der Waals surface area contributed by atoms with Crippen LogP contribution in [0.1, 0.15) is 12.8 Å². The summed E-state index contributed by atoms with van der Waals surface area (Å²) < 4.78 is 8.06. The van der Waals surface area contributed by atoms with E-state index in [1.807, 2.05) is 25.2 Å². The van der Waals surface area contributed by atoms with Crippen molar-refractivity contribution < 1.29 is 4.74 Å². The van der Waals surface area contributed by atoms with Crippen LogP contribution in [0.15, 0.2) is 54.9 Å². The summed E-state index contributed by atoms with van der Waals surface area (Å²) in [5, 5.41) is 4.53. The number of nitrogens with zero attached hydrogens (tertiary/aromatic N) is 5. The van der Waals surface area contributed by atoms with Crippen molar-refractivity contribution in [1.29, 1.82) is 0 Å². The third-order valence-corrected chi connectivity index (χ3v) is 6.76. The molecular weight excluding hydrogens is 450 g/mol. The Morgan fingerprint density at radius 1 is 1.11 bits per heavy atom. The summed E-state index contributed by atoms with van der Waals surface area (Å²) >= 11 is 0. The highest BCUT2D eigenvalue weighted by molar-refractivity contribution is 5.95. The van der Waals surface area contributed by atoms with E-state index in [9.17, 15) is 0 Å². The summed E-state index contributed by atoms with van der Waals surface area (Å²) in [4.78, 5) is 13.6. The molecule has 0 radical (unpaired) electrons. The number of benzene rings is 2. The van der Waals surface area contributed by atoms with Gasteiger partial charge in [-0.2, -0.15) is 0 Å². The van der Waals surface area contributed by atoms with Gasteiger partial charge in [-0.15, -0.1) is 0 Å². The molecule has 4 aromatic rings. The average Bonchev–Trinajstić information content (AvgIpc) is 3.62. The second-order valence-electron chi connectivity index (χ2n) is 9.88. The summed E-state index contributed by atoms with van der Waals surface area (Å²) in [6.07, 6.45) is 6.65. The minimum absolute atomic E-state index is 0.498. The molecular formula is C28H35N7O. The largest absolute Gasteiger partial charge is 0.494 e. The van der Waals surface area contributed by atoms with Crippen LogP contribution >= 0.6 is 0 Å². The molecule has 2 aromatic heterocycles. The van der Waals surface area contributed by atoms with E-state index in [2.05, 4.69) is 69.2 Å². The Bertz CT molecular complexity index is 1360. The van der Waals surface area contributed by atoms with Crippen molar-refractivity contribution in [2.75, 3.05) is 57.3 Å². The van der Waals surface area contributed by atoms with Crippen LogP contribution in [0.4, 0.5) is 23.0 Å². The first-order valence-electron chi connectivity index (χ1n) is 12.4. The van der Waals surface area contributed by atoms with Crippen molar-refractivity contribution in [3.8, 4) is 17.0 Å². The zero-order valence-electron chi connectivity index (χ0n) is 21.5. The quantitative estimate of drug-likeness (QED) is 0.311. The average molecular weight is 486 g/mol. The van der Waals surface area contributed by atoms with E-state index in [-0.39, 0.29) is 0 Å². The molecule has 5 rings (SSSR count). The van der Waals surface area contributed by atoms with Gasteiger partial charge in [0.15, 0.2) is 0 Å². The van der Waals surface area contributed by atoms with Crippen LogP contribution in [-0.4, -0.2) is 60.8 Å². The molecule has 8 heteroatoms. The number of fused-ring (bicyclic) bond motifs is 1. The molecule has 1 aliphatic carbocycles. The Hall–Kier alpha value is -3.78. The van der Waals surface area contributed by atoms with Crippen LogP contribution in [0.3, 0.4) is 0 Å². The maximum absolute atomic E-state index is 6.44. The lowest BCUT2D eigenvalue weighted by Gasteiger charge is -2.24. The molecule has 1 fully saturated rings. The van der Waals surface area contributed by atoms with Crippen molar-refractivity contribution in [2.24, 2.45) is 5.92 Å². The number of anilines is 4. The van der Waals surface area contributed by atoms with Crippen molar-refractivity contribution in [2.45, 2.75) is 19.4 Å². The number of hydrogen-bond donors (Lipinski definition) is 2. The zero-order valence-corrected chi connectivity index (χ0v) is 21.5. The Morgan fingerprint density at radius 2 is 1.92 bits per heavy atom. The first-order chi connectivity index (χ1) is 17.4. The number of nitrogen functional groups attached to an aromatic ring is 1. The lowest BCUT2D eigenvalue weighted by Crippen LogP contribution is -2.29. The van der Waals surface area contributed by atoms with Crippen LogP contribution in [-0.2, 0) is 6.54 Å². The van der Waals surface area contributed by atoms with Crippen LogP contribution in [0.25, 0.3) is 22.2 Å². The molecule has 1 aliphatic rings. The molecule has 0 spiro atoms. The fourth-order valence-corrected chi connectivity index (χ4v) is 4.52. The van der Waals surface area contributed by atoms with Gasteiger partial charge in [0.25, 0.3) is 0 Å². The smallest absolute Gasteiger partial charge is 0.227 e.